The summed E-state index contributed by atoms with van der Waals surface area (Å²) in [6.07, 6.45) is 3.44. The number of hydrogen-bond acceptors (Lipinski definition) is 5. The fourth-order valence-corrected chi connectivity index (χ4v) is 2.09. The third-order valence-corrected chi connectivity index (χ3v) is 3.11. The zero-order valence-electron chi connectivity index (χ0n) is 12.0. The first-order valence-corrected chi connectivity index (χ1v) is 7.05. The average Bonchev–Trinajstić information content (AvgIpc) is 3.00. The number of para-hydroxylation sites is 1. The molecular weight excluding hydrogens is 254 g/mol. The average molecular weight is 275 g/mol. The topological polar surface area (TPSA) is 60.2 Å². The molecule has 1 N–H and O–H groups in total. The molecule has 1 unspecified atom stereocenters. The zero-order chi connectivity index (χ0) is 14.2. The first-order valence-electron chi connectivity index (χ1n) is 7.05. The van der Waals surface area contributed by atoms with Crippen LogP contribution in [0.25, 0.3) is 0 Å². The quantitative estimate of drug-likeness (QED) is 0.802. The lowest BCUT2D eigenvalue weighted by molar-refractivity contribution is 0.280. The molecule has 108 valence electrons. The smallest absolute Gasteiger partial charge is 0.213 e. The van der Waals surface area contributed by atoms with Crippen LogP contribution in [0, 0.1) is 0 Å². The Labute approximate surface area is 119 Å². The van der Waals surface area contributed by atoms with E-state index in [1.807, 2.05) is 18.2 Å². The van der Waals surface area contributed by atoms with E-state index in [4.69, 9.17) is 9.26 Å². The maximum absolute atomic E-state index is 5.82. The molecule has 0 amide bonds. The molecule has 0 aliphatic rings. The summed E-state index contributed by atoms with van der Waals surface area (Å²) in [5.41, 5.74) is 1.17. The fraction of sp³-hybridized carbons (Fsp3) is 0.467. The molecule has 0 spiro atoms. The summed E-state index contributed by atoms with van der Waals surface area (Å²) >= 11 is 0. The summed E-state index contributed by atoms with van der Waals surface area (Å²) in [5, 5.41) is 7.29. The third kappa shape index (κ3) is 3.81. The van der Waals surface area contributed by atoms with Crippen LogP contribution in [0.3, 0.4) is 0 Å². The Morgan fingerprint density at radius 3 is 2.85 bits per heavy atom. The maximum atomic E-state index is 5.82. The Morgan fingerprint density at radius 1 is 1.30 bits per heavy atom. The maximum Gasteiger partial charge on any atom is 0.213 e. The molecule has 5 heteroatoms. The van der Waals surface area contributed by atoms with Crippen molar-refractivity contribution in [1.29, 1.82) is 0 Å². The molecule has 1 heterocycles. The number of nitrogens with one attached hydrogen (secondary N) is 1. The first kappa shape index (κ1) is 14.5. The minimum atomic E-state index is 0.302. The summed E-state index contributed by atoms with van der Waals surface area (Å²) in [7, 11) is 0. The van der Waals surface area contributed by atoms with Crippen molar-refractivity contribution in [3.63, 3.8) is 0 Å². The first-order chi connectivity index (χ1) is 9.85. The van der Waals surface area contributed by atoms with Crippen LogP contribution < -0.4 is 10.1 Å². The SMILES string of the molecule is CCCNC(CC)c1ccccc1OCc1ncon1. The Hall–Kier alpha value is -1.88. The second-order valence-corrected chi connectivity index (χ2v) is 4.59. The van der Waals surface area contributed by atoms with Gasteiger partial charge >= 0.3 is 0 Å². The van der Waals surface area contributed by atoms with Crippen LogP contribution in [-0.2, 0) is 6.61 Å². The normalized spacial score (nSPS) is 12.3. The van der Waals surface area contributed by atoms with Gasteiger partial charge in [-0.1, -0.05) is 37.2 Å². The van der Waals surface area contributed by atoms with Crippen LogP contribution in [0.15, 0.2) is 35.2 Å². The van der Waals surface area contributed by atoms with Gasteiger partial charge in [-0.3, -0.25) is 0 Å². The van der Waals surface area contributed by atoms with Gasteiger partial charge in [-0.2, -0.15) is 4.98 Å². The van der Waals surface area contributed by atoms with Gasteiger partial charge in [0.25, 0.3) is 0 Å². The van der Waals surface area contributed by atoms with E-state index < -0.39 is 0 Å². The van der Waals surface area contributed by atoms with Gasteiger partial charge in [-0.25, -0.2) is 0 Å². The van der Waals surface area contributed by atoms with Crippen LogP contribution in [0.1, 0.15) is 44.1 Å². The number of rotatable bonds is 8. The van der Waals surface area contributed by atoms with Gasteiger partial charge in [-0.15, -0.1) is 0 Å². The summed E-state index contributed by atoms with van der Waals surface area (Å²) in [6, 6.07) is 8.39. The van der Waals surface area contributed by atoms with Gasteiger partial charge < -0.3 is 14.6 Å². The Morgan fingerprint density at radius 2 is 2.15 bits per heavy atom. The minimum absolute atomic E-state index is 0.302. The molecule has 0 saturated heterocycles. The van der Waals surface area contributed by atoms with Gasteiger partial charge in [0, 0.05) is 11.6 Å². The predicted molar refractivity (Wildman–Crippen MR) is 76.4 cm³/mol. The fourth-order valence-electron chi connectivity index (χ4n) is 2.09. The second-order valence-electron chi connectivity index (χ2n) is 4.59. The van der Waals surface area contributed by atoms with E-state index in [-0.39, 0.29) is 0 Å². The van der Waals surface area contributed by atoms with Crippen molar-refractivity contribution in [3.8, 4) is 5.75 Å². The largest absolute Gasteiger partial charge is 0.485 e. The van der Waals surface area contributed by atoms with Crippen molar-refractivity contribution in [2.45, 2.75) is 39.3 Å². The van der Waals surface area contributed by atoms with E-state index in [0.717, 1.165) is 25.1 Å². The summed E-state index contributed by atoms with van der Waals surface area (Å²) < 4.78 is 10.5. The number of aromatic nitrogens is 2. The molecule has 1 aromatic heterocycles. The zero-order valence-corrected chi connectivity index (χ0v) is 12.0. The molecule has 0 aliphatic carbocycles. The molecule has 1 atom stereocenters. The molecule has 2 aromatic rings. The van der Waals surface area contributed by atoms with Crippen LogP contribution >= 0.6 is 0 Å². The van der Waals surface area contributed by atoms with E-state index in [2.05, 4.69) is 35.4 Å². The van der Waals surface area contributed by atoms with Crippen molar-refractivity contribution >= 4 is 0 Å². The monoisotopic (exact) mass is 275 g/mol. The highest BCUT2D eigenvalue weighted by molar-refractivity contribution is 5.36. The van der Waals surface area contributed by atoms with Crippen LogP contribution in [0.2, 0.25) is 0 Å². The summed E-state index contributed by atoms with van der Waals surface area (Å²) in [6.45, 7) is 5.65. The molecule has 20 heavy (non-hydrogen) atoms. The lowest BCUT2D eigenvalue weighted by Gasteiger charge is -2.20. The molecule has 2 rings (SSSR count). The van der Waals surface area contributed by atoms with Crippen molar-refractivity contribution in [2.75, 3.05) is 6.54 Å². The van der Waals surface area contributed by atoms with Crippen molar-refractivity contribution in [2.24, 2.45) is 0 Å². The van der Waals surface area contributed by atoms with Gasteiger partial charge in [0.1, 0.15) is 5.75 Å². The molecule has 0 fully saturated rings. The van der Waals surface area contributed by atoms with Crippen LogP contribution in [0.5, 0.6) is 5.75 Å². The number of benzene rings is 1. The molecule has 0 bridgehead atoms. The van der Waals surface area contributed by atoms with E-state index in [1.165, 1.54) is 12.0 Å². The third-order valence-electron chi connectivity index (χ3n) is 3.11. The van der Waals surface area contributed by atoms with Crippen molar-refractivity contribution in [1.82, 2.24) is 15.5 Å². The lowest BCUT2D eigenvalue weighted by Crippen LogP contribution is -2.22. The Kier molecular flexibility index (Phi) is 5.55. The Balaban J connectivity index is 2.07. The van der Waals surface area contributed by atoms with Gasteiger partial charge in [0.05, 0.1) is 0 Å². The highest BCUT2D eigenvalue weighted by Gasteiger charge is 2.14. The van der Waals surface area contributed by atoms with Crippen molar-refractivity contribution in [3.05, 3.63) is 42.0 Å². The summed E-state index contributed by atoms with van der Waals surface area (Å²) in [4.78, 5) is 3.96. The lowest BCUT2D eigenvalue weighted by atomic mass is 10.0. The highest BCUT2D eigenvalue weighted by Crippen LogP contribution is 2.27. The second kappa shape index (κ2) is 7.65. The van der Waals surface area contributed by atoms with Gasteiger partial charge in [0.2, 0.25) is 12.2 Å². The van der Waals surface area contributed by atoms with Crippen LogP contribution in [0.4, 0.5) is 0 Å². The van der Waals surface area contributed by atoms with E-state index >= 15 is 0 Å². The van der Waals surface area contributed by atoms with Gasteiger partial charge in [-0.05, 0) is 25.5 Å². The van der Waals surface area contributed by atoms with Gasteiger partial charge in [0.15, 0.2) is 6.61 Å². The molecule has 5 nitrogen and oxygen atoms in total. The predicted octanol–water partition coefficient (Wildman–Crippen LogP) is 3.10. The number of nitrogens with zero attached hydrogens (tertiary/aromatic N) is 2. The standard InChI is InChI=1S/C15H21N3O2/c1-3-9-16-13(4-2)12-7-5-6-8-14(12)19-10-15-17-11-20-18-15/h5-8,11,13,16H,3-4,9-10H2,1-2H3. The summed E-state index contributed by atoms with van der Waals surface area (Å²) in [5.74, 6) is 1.42. The number of ether oxygens (including phenoxy) is 1. The van der Waals surface area contributed by atoms with Crippen molar-refractivity contribution < 1.29 is 9.26 Å². The highest BCUT2D eigenvalue weighted by atomic mass is 16.5. The molecule has 0 aliphatic heterocycles. The Bertz CT molecular complexity index is 500. The number of hydrogen-bond donors (Lipinski definition) is 1. The minimum Gasteiger partial charge on any atom is -0.485 e. The molecule has 0 radical (unpaired) electrons. The molecular formula is C15H21N3O2. The van der Waals surface area contributed by atoms with E-state index in [0.29, 0.717) is 18.5 Å². The molecule has 0 saturated carbocycles. The molecule has 1 aromatic carbocycles. The van der Waals surface area contributed by atoms with Crippen LogP contribution in [-0.4, -0.2) is 16.7 Å². The van der Waals surface area contributed by atoms with E-state index in [9.17, 15) is 0 Å². The van der Waals surface area contributed by atoms with E-state index in [1.54, 1.807) is 0 Å².